The van der Waals surface area contributed by atoms with Crippen molar-refractivity contribution in [3.8, 4) is 0 Å². The Morgan fingerprint density at radius 3 is 2.29 bits per heavy atom. The highest BCUT2D eigenvalue weighted by Crippen LogP contribution is 2.36. The van der Waals surface area contributed by atoms with Gasteiger partial charge >= 0.3 is 6.09 Å². The molecule has 0 spiro atoms. The minimum Gasteiger partial charge on any atom is -0.440 e. The zero-order chi connectivity index (χ0) is 23.5. The monoisotopic (exact) mass is 539 g/mol. The van der Waals surface area contributed by atoms with Crippen molar-refractivity contribution in [3.05, 3.63) is 87.0 Å². The molecule has 176 valence electrons. The second-order valence-electron chi connectivity index (χ2n) is 9.31. The van der Waals surface area contributed by atoms with Gasteiger partial charge in [0.2, 0.25) is 5.78 Å². The second-order valence-corrected chi connectivity index (χ2v) is 11.9. The molecule has 0 unspecified atom stereocenters. The molecule has 2 aromatic carbocycles. The molecule has 1 aromatic heterocycles. The lowest BCUT2D eigenvalue weighted by atomic mass is 9.83. The number of Topliss-reactive ketones (excluding diaryl/α,β-unsaturated/α-hetero) is 1. The average molecular weight is 541 g/mol. The molecule has 3 saturated heterocycles. The third kappa shape index (κ3) is 5.11. The number of halogens is 1. The van der Waals surface area contributed by atoms with E-state index in [9.17, 15) is 9.59 Å². The van der Waals surface area contributed by atoms with Gasteiger partial charge in [-0.25, -0.2) is 4.79 Å². The number of para-hydroxylation sites is 1. The van der Waals surface area contributed by atoms with Crippen LogP contribution in [0.25, 0.3) is 0 Å². The summed E-state index contributed by atoms with van der Waals surface area (Å²) in [5.41, 5.74) is 1.58. The van der Waals surface area contributed by atoms with Gasteiger partial charge in [0.05, 0.1) is 23.4 Å². The molecule has 1 atom stereocenters. The van der Waals surface area contributed by atoms with Crippen LogP contribution >= 0.6 is 27.3 Å². The van der Waals surface area contributed by atoms with Gasteiger partial charge < -0.3 is 9.22 Å². The summed E-state index contributed by atoms with van der Waals surface area (Å²) in [4.78, 5) is 29.3. The number of piperidine rings is 3. The Morgan fingerprint density at radius 2 is 1.65 bits per heavy atom. The number of benzene rings is 2. The predicted molar refractivity (Wildman–Crippen MR) is 138 cm³/mol. The van der Waals surface area contributed by atoms with Crippen LogP contribution in [0, 0.1) is 5.92 Å². The van der Waals surface area contributed by atoms with Gasteiger partial charge in [0.15, 0.2) is 6.10 Å². The molecular formula is C27H28BrN2O3S+. The van der Waals surface area contributed by atoms with Crippen molar-refractivity contribution in [2.24, 2.45) is 5.92 Å². The number of anilines is 1. The summed E-state index contributed by atoms with van der Waals surface area (Å²) in [6.45, 7) is 3.59. The Balaban J connectivity index is 1.31. The molecule has 6 rings (SSSR count). The summed E-state index contributed by atoms with van der Waals surface area (Å²) in [6.07, 6.45) is 1.49. The van der Waals surface area contributed by atoms with Crippen molar-refractivity contribution in [3.63, 3.8) is 0 Å². The molecule has 1 amide bonds. The smallest absolute Gasteiger partial charge is 0.415 e. The molecule has 7 heteroatoms. The summed E-state index contributed by atoms with van der Waals surface area (Å²) in [7, 11) is 0. The molecule has 3 aromatic rings. The predicted octanol–water partition coefficient (Wildman–Crippen LogP) is 6.15. The molecule has 4 heterocycles. The molecule has 2 bridgehead atoms. The summed E-state index contributed by atoms with van der Waals surface area (Å²) in [5, 5.41) is 0. The minimum absolute atomic E-state index is 0.167. The van der Waals surface area contributed by atoms with Crippen LogP contribution in [0.15, 0.2) is 76.6 Å². The lowest BCUT2D eigenvalue weighted by Crippen LogP contribution is -2.66. The zero-order valence-electron chi connectivity index (χ0n) is 18.9. The van der Waals surface area contributed by atoms with E-state index < -0.39 is 0 Å². The maximum atomic E-state index is 13.5. The van der Waals surface area contributed by atoms with E-state index in [0.717, 1.165) is 45.8 Å². The first-order chi connectivity index (χ1) is 16.5. The molecule has 34 heavy (non-hydrogen) atoms. The fourth-order valence-electron chi connectivity index (χ4n) is 5.25. The molecule has 0 radical (unpaired) electrons. The second kappa shape index (κ2) is 10.0. The van der Waals surface area contributed by atoms with Gasteiger partial charge in [-0.05, 0) is 40.2 Å². The number of fused-ring (bicyclic) bond motifs is 3. The Morgan fingerprint density at radius 1 is 0.971 bits per heavy atom. The molecular weight excluding hydrogens is 512 g/mol. The summed E-state index contributed by atoms with van der Waals surface area (Å²) >= 11 is 5.13. The first-order valence-electron chi connectivity index (χ1n) is 11.7. The molecule has 3 aliphatic rings. The van der Waals surface area contributed by atoms with Crippen LogP contribution in [0.3, 0.4) is 0 Å². The maximum Gasteiger partial charge on any atom is 0.415 e. The Bertz CT molecular complexity index is 1140. The summed E-state index contributed by atoms with van der Waals surface area (Å²) < 4.78 is 7.94. The van der Waals surface area contributed by atoms with E-state index in [2.05, 4.69) is 15.9 Å². The number of thiophene rings is 1. The first-order valence-corrected chi connectivity index (χ1v) is 13.3. The SMILES string of the molecule is O=C(C[N+]12CCC(CC1)[C@@H](OC(=O)N(Cc1ccc(Br)s1)c1ccccc1)C2)c1ccccc1. The molecule has 5 nitrogen and oxygen atoms in total. The Labute approximate surface area is 212 Å². The quantitative estimate of drug-likeness (QED) is 0.267. The number of ether oxygens (including phenoxy) is 1. The molecule has 3 fully saturated rings. The molecule has 0 N–H and O–H groups in total. The number of carbonyl (C=O) groups excluding carboxylic acids is 2. The van der Waals surface area contributed by atoms with E-state index in [-0.39, 0.29) is 18.0 Å². The number of amides is 1. The number of quaternary nitrogens is 1. The van der Waals surface area contributed by atoms with E-state index in [0.29, 0.717) is 30.0 Å². The van der Waals surface area contributed by atoms with E-state index >= 15 is 0 Å². The highest BCUT2D eigenvalue weighted by atomic mass is 79.9. The van der Waals surface area contributed by atoms with Crippen LogP contribution in [0.2, 0.25) is 0 Å². The van der Waals surface area contributed by atoms with Gasteiger partial charge in [-0.3, -0.25) is 9.69 Å². The van der Waals surface area contributed by atoms with Gasteiger partial charge in [-0.1, -0.05) is 48.5 Å². The number of hydrogen-bond acceptors (Lipinski definition) is 4. The number of nitrogens with zero attached hydrogens (tertiary/aromatic N) is 2. The lowest BCUT2D eigenvalue weighted by Gasteiger charge is -2.51. The zero-order valence-corrected chi connectivity index (χ0v) is 21.3. The average Bonchev–Trinajstić information content (AvgIpc) is 3.28. The third-order valence-corrected chi connectivity index (χ3v) is 8.71. The van der Waals surface area contributed by atoms with Crippen LogP contribution in [0.1, 0.15) is 28.1 Å². The summed E-state index contributed by atoms with van der Waals surface area (Å²) in [6, 6.07) is 23.2. The number of carbonyl (C=O) groups is 2. The molecule has 3 aliphatic heterocycles. The highest BCUT2D eigenvalue weighted by Gasteiger charge is 2.48. The largest absolute Gasteiger partial charge is 0.440 e. The minimum atomic E-state index is -0.318. The van der Waals surface area contributed by atoms with Gasteiger partial charge in [0.1, 0.15) is 13.1 Å². The number of hydrogen-bond donors (Lipinski definition) is 0. The number of ketones is 1. The van der Waals surface area contributed by atoms with Crippen molar-refractivity contribution >= 4 is 44.8 Å². The van der Waals surface area contributed by atoms with Gasteiger partial charge in [-0.15, -0.1) is 11.3 Å². The lowest BCUT2D eigenvalue weighted by molar-refractivity contribution is -0.938. The van der Waals surface area contributed by atoms with E-state index in [1.165, 1.54) is 0 Å². The first kappa shape index (κ1) is 23.3. The van der Waals surface area contributed by atoms with Crippen molar-refractivity contribution in [2.75, 3.05) is 31.1 Å². The van der Waals surface area contributed by atoms with Crippen molar-refractivity contribution in [1.29, 1.82) is 0 Å². The topological polar surface area (TPSA) is 46.6 Å². The van der Waals surface area contributed by atoms with E-state index in [1.54, 1.807) is 16.2 Å². The standard InChI is InChI=1S/C27H28BrN2O3S/c28-26-12-11-23(34-26)17-29(22-9-5-2-6-10-22)27(32)33-25-19-30(15-13-21(25)14-16-30)18-24(31)20-7-3-1-4-8-20/h1-12,21,25H,13-19H2/q+1/t21?,25-,30?/m0/s1. The van der Waals surface area contributed by atoms with Gasteiger partial charge in [-0.2, -0.15) is 0 Å². The van der Waals surface area contributed by atoms with Crippen LogP contribution in [0.4, 0.5) is 10.5 Å². The molecule has 0 saturated carbocycles. The van der Waals surface area contributed by atoms with Gasteiger partial charge in [0, 0.05) is 34.9 Å². The number of rotatable bonds is 7. The Kier molecular flexibility index (Phi) is 6.86. The maximum absolute atomic E-state index is 13.5. The van der Waals surface area contributed by atoms with Crippen LogP contribution in [-0.4, -0.2) is 48.6 Å². The van der Waals surface area contributed by atoms with E-state index in [1.807, 2.05) is 72.8 Å². The van der Waals surface area contributed by atoms with Crippen LogP contribution in [-0.2, 0) is 11.3 Å². The fraction of sp³-hybridized carbons (Fsp3) is 0.333. The fourth-order valence-corrected chi connectivity index (χ4v) is 6.72. The van der Waals surface area contributed by atoms with Crippen molar-refractivity contribution in [2.45, 2.75) is 25.5 Å². The van der Waals surface area contributed by atoms with Crippen LogP contribution in [0.5, 0.6) is 0 Å². The normalized spacial score (nSPS) is 23.4. The van der Waals surface area contributed by atoms with Crippen molar-refractivity contribution < 1.29 is 18.8 Å². The van der Waals surface area contributed by atoms with Crippen molar-refractivity contribution in [1.82, 2.24) is 0 Å². The summed E-state index contributed by atoms with van der Waals surface area (Å²) in [5.74, 6) is 0.532. The van der Waals surface area contributed by atoms with E-state index in [4.69, 9.17) is 4.74 Å². The third-order valence-electron chi connectivity index (χ3n) is 7.10. The highest BCUT2D eigenvalue weighted by molar-refractivity contribution is 9.11. The van der Waals surface area contributed by atoms with Gasteiger partial charge in [0.25, 0.3) is 0 Å². The Hall–Kier alpha value is -2.48. The van der Waals surface area contributed by atoms with Crippen LogP contribution < -0.4 is 4.90 Å². The molecule has 0 aliphatic carbocycles.